The number of hydrogen-bond acceptors (Lipinski definition) is 3. The lowest BCUT2D eigenvalue weighted by molar-refractivity contribution is -0.119. The molecule has 0 aromatic rings. The Hall–Kier alpha value is -0.830. The lowest BCUT2D eigenvalue weighted by Gasteiger charge is -2.09. The molecule has 0 aliphatic heterocycles. The van der Waals surface area contributed by atoms with Gasteiger partial charge in [0.2, 0.25) is 0 Å². The molecule has 0 aliphatic carbocycles. The van der Waals surface area contributed by atoms with Gasteiger partial charge in [-0.05, 0) is 6.42 Å². The Morgan fingerprint density at radius 2 is 1.44 bits per heavy atom. The molecule has 0 saturated carbocycles. The minimum absolute atomic E-state index is 0.0189. The predicted molar refractivity (Wildman–Crippen MR) is 78.2 cm³/mol. The van der Waals surface area contributed by atoms with Crippen LogP contribution >= 0.6 is 0 Å². The number of rotatable bonds is 12. The first-order valence-electron chi connectivity index (χ1n) is 7.32. The van der Waals surface area contributed by atoms with Crippen molar-refractivity contribution in [1.29, 1.82) is 0 Å². The summed E-state index contributed by atoms with van der Waals surface area (Å²) in [5.41, 5.74) is 11.3. The van der Waals surface area contributed by atoms with Gasteiger partial charge in [0.1, 0.15) is 6.04 Å². The van der Waals surface area contributed by atoms with Crippen molar-refractivity contribution < 1.29 is 4.79 Å². The van der Waals surface area contributed by atoms with Gasteiger partial charge in [0.05, 0.1) is 0 Å². The maximum absolute atomic E-state index is 11.5. The Morgan fingerprint density at radius 3 is 1.89 bits per heavy atom. The number of unbranched alkanes of at least 4 members (excludes halogenated alkanes) is 8. The van der Waals surface area contributed by atoms with Crippen molar-refractivity contribution in [3.63, 3.8) is 0 Å². The van der Waals surface area contributed by atoms with Gasteiger partial charge in [0.15, 0.2) is 5.78 Å². The highest BCUT2D eigenvalue weighted by Gasteiger charge is 2.13. The molecular formula is C15H30N2O. The van der Waals surface area contributed by atoms with Gasteiger partial charge >= 0.3 is 0 Å². The maximum Gasteiger partial charge on any atom is 0.155 e. The summed E-state index contributed by atoms with van der Waals surface area (Å²) in [6.07, 6.45) is 11.8. The van der Waals surface area contributed by atoms with Gasteiger partial charge in [-0.25, -0.2) is 0 Å². The van der Waals surface area contributed by atoms with E-state index in [-0.39, 0.29) is 11.5 Å². The summed E-state index contributed by atoms with van der Waals surface area (Å²) in [7, 11) is 0. The summed E-state index contributed by atoms with van der Waals surface area (Å²) in [6, 6.07) is -0.668. The highest BCUT2D eigenvalue weighted by Crippen LogP contribution is 2.11. The summed E-state index contributed by atoms with van der Waals surface area (Å²) in [4.78, 5) is 11.5. The average Bonchev–Trinajstić information content (AvgIpc) is 2.35. The van der Waals surface area contributed by atoms with Gasteiger partial charge in [-0.15, -0.1) is 0 Å². The molecule has 4 N–H and O–H groups in total. The fourth-order valence-electron chi connectivity index (χ4n) is 1.97. The van der Waals surface area contributed by atoms with Crippen LogP contribution in [-0.2, 0) is 4.79 Å². The molecule has 18 heavy (non-hydrogen) atoms. The van der Waals surface area contributed by atoms with Crippen LogP contribution in [0.5, 0.6) is 0 Å². The molecule has 0 bridgehead atoms. The zero-order chi connectivity index (χ0) is 13.8. The highest BCUT2D eigenvalue weighted by atomic mass is 16.1. The van der Waals surface area contributed by atoms with E-state index in [2.05, 4.69) is 13.5 Å². The van der Waals surface area contributed by atoms with Crippen molar-refractivity contribution in [3.8, 4) is 0 Å². The van der Waals surface area contributed by atoms with Crippen LogP contribution in [0.3, 0.4) is 0 Å². The zero-order valence-corrected chi connectivity index (χ0v) is 11.9. The number of carbonyl (C=O) groups is 1. The normalized spacial score (nSPS) is 12.3. The van der Waals surface area contributed by atoms with Crippen LogP contribution < -0.4 is 11.5 Å². The third-order valence-electron chi connectivity index (χ3n) is 3.27. The average molecular weight is 254 g/mol. The van der Waals surface area contributed by atoms with Gasteiger partial charge in [-0.3, -0.25) is 4.79 Å². The molecule has 0 aromatic carbocycles. The second-order valence-corrected chi connectivity index (χ2v) is 5.10. The van der Waals surface area contributed by atoms with Gasteiger partial charge in [-0.1, -0.05) is 64.9 Å². The smallest absolute Gasteiger partial charge is 0.155 e. The zero-order valence-electron chi connectivity index (χ0n) is 11.9. The molecule has 0 aliphatic rings. The maximum atomic E-state index is 11.5. The minimum atomic E-state index is -0.668. The Bertz CT molecular complexity index is 239. The monoisotopic (exact) mass is 254 g/mol. The number of ketones is 1. The molecule has 0 fully saturated rings. The molecule has 3 heteroatoms. The molecule has 3 nitrogen and oxygen atoms in total. The van der Waals surface area contributed by atoms with E-state index in [0.29, 0.717) is 6.42 Å². The fourth-order valence-corrected chi connectivity index (χ4v) is 1.97. The van der Waals surface area contributed by atoms with Crippen LogP contribution in [0.25, 0.3) is 0 Å². The van der Waals surface area contributed by atoms with Gasteiger partial charge in [0.25, 0.3) is 0 Å². The molecule has 1 atom stereocenters. The fraction of sp³-hybridized carbons (Fsp3) is 0.800. The first kappa shape index (κ1) is 17.2. The molecule has 0 spiro atoms. The number of carbonyl (C=O) groups excluding carboxylic acids is 1. The largest absolute Gasteiger partial charge is 0.401 e. The van der Waals surface area contributed by atoms with Crippen molar-refractivity contribution in [2.45, 2.75) is 77.2 Å². The quantitative estimate of drug-likeness (QED) is 0.525. The summed E-state index contributed by atoms with van der Waals surface area (Å²) in [6.45, 7) is 5.74. The highest BCUT2D eigenvalue weighted by molar-refractivity contribution is 5.86. The third kappa shape index (κ3) is 9.23. The lowest BCUT2D eigenvalue weighted by Crippen LogP contribution is -2.35. The van der Waals surface area contributed by atoms with E-state index < -0.39 is 6.04 Å². The van der Waals surface area contributed by atoms with E-state index in [4.69, 9.17) is 11.5 Å². The van der Waals surface area contributed by atoms with Crippen molar-refractivity contribution in [2.75, 3.05) is 0 Å². The number of nitrogens with two attached hydrogens (primary N) is 2. The second-order valence-electron chi connectivity index (χ2n) is 5.10. The van der Waals surface area contributed by atoms with Crippen LogP contribution in [0, 0.1) is 0 Å². The summed E-state index contributed by atoms with van der Waals surface area (Å²) < 4.78 is 0. The van der Waals surface area contributed by atoms with Gasteiger partial charge in [0, 0.05) is 12.1 Å². The molecule has 106 valence electrons. The van der Waals surface area contributed by atoms with Crippen molar-refractivity contribution in [1.82, 2.24) is 0 Å². The molecule has 0 amide bonds. The van der Waals surface area contributed by atoms with Crippen LogP contribution in [0.1, 0.15) is 71.1 Å². The first-order valence-corrected chi connectivity index (χ1v) is 7.32. The van der Waals surface area contributed by atoms with Crippen LogP contribution in [0.4, 0.5) is 0 Å². The molecule has 0 saturated heterocycles. The molecule has 0 heterocycles. The third-order valence-corrected chi connectivity index (χ3v) is 3.27. The minimum Gasteiger partial charge on any atom is -0.401 e. The Kier molecular flexibility index (Phi) is 10.8. The van der Waals surface area contributed by atoms with Crippen molar-refractivity contribution in [2.24, 2.45) is 11.5 Å². The van der Waals surface area contributed by atoms with Gasteiger partial charge < -0.3 is 11.5 Å². The summed E-state index contributed by atoms with van der Waals surface area (Å²) in [5, 5.41) is 0. The van der Waals surface area contributed by atoms with E-state index >= 15 is 0 Å². The van der Waals surface area contributed by atoms with E-state index in [1.165, 1.54) is 44.9 Å². The number of hydrogen-bond donors (Lipinski definition) is 2. The van der Waals surface area contributed by atoms with E-state index in [9.17, 15) is 4.79 Å². The standard InChI is InChI=1S/C15H30N2O/c1-3-4-5-6-7-8-9-10-11-12-14(18)15(17)13(2)16/h15H,2-12,16-17H2,1H3. The molecule has 1 unspecified atom stereocenters. The predicted octanol–water partition coefficient (Wildman–Crippen LogP) is 3.28. The van der Waals surface area contributed by atoms with E-state index in [0.717, 1.165) is 12.8 Å². The molecule has 0 radical (unpaired) electrons. The van der Waals surface area contributed by atoms with E-state index in [1.54, 1.807) is 0 Å². The summed E-state index contributed by atoms with van der Waals surface area (Å²) >= 11 is 0. The molecular weight excluding hydrogens is 224 g/mol. The Morgan fingerprint density at radius 1 is 1.00 bits per heavy atom. The van der Waals surface area contributed by atoms with Crippen molar-refractivity contribution >= 4 is 5.78 Å². The molecule has 0 rings (SSSR count). The SMILES string of the molecule is C=C(N)C(N)C(=O)CCCCCCCCCCC. The van der Waals surface area contributed by atoms with Crippen LogP contribution in [0.2, 0.25) is 0 Å². The Balaban J connectivity index is 3.30. The Labute approximate surface area is 112 Å². The molecule has 0 aromatic heterocycles. The number of Topliss-reactive ketones (excluding diaryl/α,β-unsaturated/α-hetero) is 1. The van der Waals surface area contributed by atoms with Gasteiger partial charge in [-0.2, -0.15) is 0 Å². The summed E-state index contributed by atoms with van der Waals surface area (Å²) in [5.74, 6) is 0.0189. The topological polar surface area (TPSA) is 69.1 Å². The first-order chi connectivity index (χ1) is 8.59. The lowest BCUT2D eigenvalue weighted by atomic mass is 10.0. The van der Waals surface area contributed by atoms with E-state index in [1.807, 2.05) is 0 Å². The van der Waals surface area contributed by atoms with Crippen LogP contribution in [-0.4, -0.2) is 11.8 Å². The van der Waals surface area contributed by atoms with Crippen molar-refractivity contribution in [3.05, 3.63) is 12.3 Å². The second kappa shape index (κ2) is 11.3. The van der Waals surface area contributed by atoms with Crippen LogP contribution in [0.15, 0.2) is 12.3 Å².